The molecule has 0 N–H and O–H groups in total. The minimum atomic E-state index is -0.122. The fourth-order valence-corrected chi connectivity index (χ4v) is 2.43. The van der Waals surface area contributed by atoms with Crippen molar-refractivity contribution in [1.29, 1.82) is 0 Å². The van der Waals surface area contributed by atoms with Crippen molar-refractivity contribution in [3.8, 4) is 5.69 Å². The molecule has 1 aromatic carbocycles. The van der Waals surface area contributed by atoms with Crippen molar-refractivity contribution in [2.45, 2.75) is 6.54 Å². The van der Waals surface area contributed by atoms with E-state index in [-0.39, 0.29) is 5.56 Å². The molecule has 0 saturated heterocycles. The van der Waals surface area contributed by atoms with Crippen LogP contribution in [0.25, 0.3) is 16.7 Å². The maximum atomic E-state index is 12.6. The van der Waals surface area contributed by atoms with E-state index < -0.39 is 0 Å². The summed E-state index contributed by atoms with van der Waals surface area (Å²) in [4.78, 5) is 21.1. The molecular formula is C17H13N5O. The summed E-state index contributed by atoms with van der Waals surface area (Å²) in [6.45, 7) is 0.388. The molecule has 3 heterocycles. The van der Waals surface area contributed by atoms with Gasteiger partial charge in [0.05, 0.1) is 17.9 Å². The van der Waals surface area contributed by atoms with Gasteiger partial charge in [0.25, 0.3) is 5.56 Å². The molecule has 0 amide bonds. The first-order valence-electron chi connectivity index (χ1n) is 7.21. The predicted octanol–water partition coefficient (Wildman–Crippen LogP) is 2.03. The third kappa shape index (κ3) is 2.50. The van der Waals surface area contributed by atoms with E-state index in [0.29, 0.717) is 17.6 Å². The maximum Gasteiger partial charge on any atom is 0.264 e. The van der Waals surface area contributed by atoms with Crippen LogP contribution in [0.2, 0.25) is 0 Å². The zero-order chi connectivity index (χ0) is 15.6. The second-order valence-corrected chi connectivity index (χ2v) is 5.15. The Morgan fingerprint density at radius 2 is 1.78 bits per heavy atom. The molecule has 0 saturated carbocycles. The van der Waals surface area contributed by atoms with Crippen molar-refractivity contribution >= 4 is 11.0 Å². The minimum Gasteiger partial charge on any atom is -0.292 e. The van der Waals surface area contributed by atoms with E-state index in [0.717, 1.165) is 11.4 Å². The van der Waals surface area contributed by atoms with Crippen LogP contribution in [-0.2, 0) is 6.54 Å². The summed E-state index contributed by atoms with van der Waals surface area (Å²) in [6, 6.07) is 15.3. The fraction of sp³-hybridized carbons (Fsp3) is 0.0588. The van der Waals surface area contributed by atoms with E-state index >= 15 is 0 Å². The number of rotatable bonds is 3. The first-order valence-corrected chi connectivity index (χ1v) is 7.21. The van der Waals surface area contributed by atoms with E-state index in [4.69, 9.17) is 0 Å². The van der Waals surface area contributed by atoms with Gasteiger partial charge in [-0.15, -0.1) is 5.10 Å². The van der Waals surface area contributed by atoms with Crippen molar-refractivity contribution in [1.82, 2.24) is 24.3 Å². The Bertz CT molecular complexity index is 1010. The number of hydrogen-bond donors (Lipinski definition) is 0. The van der Waals surface area contributed by atoms with Gasteiger partial charge in [-0.2, -0.15) is 0 Å². The van der Waals surface area contributed by atoms with Crippen LogP contribution in [0.3, 0.4) is 0 Å². The van der Waals surface area contributed by atoms with Crippen molar-refractivity contribution in [2.24, 2.45) is 0 Å². The minimum absolute atomic E-state index is 0.122. The summed E-state index contributed by atoms with van der Waals surface area (Å²) in [5.41, 5.74) is 2.02. The summed E-state index contributed by atoms with van der Waals surface area (Å²) in [5.74, 6) is 0. The topological polar surface area (TPSA) is 65.6 Å². The summed E-state index contributed by atoms with van der Waals surface area (Å²) < 4.78 is 3.21. The van der Waals surface area contributed by atoms with Gasteiger partial charge in [-0.3, -0.25) is 14.3 Å². The lowest BCUT2D eigenvalue weighted by Gasteiger charge is -2.03. The van der Waals surface area contributed by atoms with Crippen molar-refractivity contribution < 1.29 is 0 Å². The lowest BCUT2D eigenvalue weighted by atomic mass is 10.3. The highest BCUT2D eigenvalue weighted by Crippen LogP contribution is 2.10. The molecule has 112 valence electrons. The molecule has 0 aliphatic rings. The molecule has 0 bridgehead atoms. The highest BCUT2D eigenvalue weighted by Gasteiger charge is 2.10. The van der Waals surface area contributed by atoms with Crippen LogP contribution < -0.4 is 5.56 Å². The van der Waals surface area contributed by atoms with E-state index in [1.165, 1.54) is 6.33 Å². The molecule has 6 heteroatoms. The molecule has 3 aromatic heterocycles. The molecule has 0 atom stereocenters. The van der Waals surface area contributed by atoms with Gasteiger partial charge in [0.2, 0.25) is 0 Å². The Balaban J connectivity index is 1.78. The highest BCUT2D eigenvalue weighted by atomic mass is 16.1. The van der Waals surface area contributed by atoms with E-state index in [9.17, 15) is 4.79 Å². The van der Waals surface area contributed by atoms with E-state index in [2.05, 4.69) is 15.1 Å². The molecule has 0 aliphatic carbocycles. The Morgan fingerprint density at radius 3 is 2.57 bits per heavy atom. The molecule has 4 aromatic rings. The van der Waals surface area contributed by atoms with Gasteiger partial charge in [0.1, 0.15) is 11.7 Å². The third-order valence-corrected chi connectivity index (χ3v) is 3.58. The Labute approximate surface area is 131 Å². The molecule has 0 fully saturated rings. The largest absolute Gasteiger partial charge is 0.292 e. The summed E-state index contributed by atoms with van der Waals surface area (Å²) >= 11 is 0. The molecule has 0 spiro atoms. The maximum absolute atomic E-state index is 12.6. The zero-order valence-corrected chi connectivity index (χ0v) is 12.2. The number of nitrogens with zero attached hydrogens (tertiary/aromatic N) is 5. The first kappa shape index (κ1) is 13.4. The van der Waals surface area contributed by atoms with Gasteiger partial charge in [-0.05, 0) is 24.3 Å². The van der Waals surface area contributed by atoms with Gasteiger partial charge in [0, 0.05) is 12.4 Å². The van der Waals surface area contributed by atoms with Crippen LogP contribution in [-0.4, -0.2) is 24.3 Å². The number of fused-ring (bicyclic) bond motifs is 1. The van der Waals surface area contributed by atoms with Crippen molar-refractivity contribution in [3.05, 3.63) is 83.3 Å². The average Bonchev–Trinajstić information content (AvgIpc) is 3.04. The average molecular weight is 303 g/mol. The Kier molecular flexibility index (Phi) is 3.20. The zero-order valence-electron chi connectivity index (χ0n) is 12.2. The Morgan fingerprint density at radius 1 is 0.957 bits per heavy atom. The molecule has 0 aliphatic heterocycles. The van der Waals surface area contributed by atoms with Gasteiger partial charge < -0.3 is 0 Å². The first-order chi connectivity index (χ1) is 11.3. The number of hydrogen-bond acceptors (Lipinski definition) is 4. The number of para-hydroxylation sites is 1. The lowest BCUT2D eigenvalue weighted by molar-refractivity contribution is 0.729. The van der Waals surface area contributed by atoms with Crippen molar-refractivity contribution in [2.75, 3.05) is 0 Å². The molecule has 4 rings (SSSR count). The third-order valence-electron chi connectivity index (χ3n) is 3.58. The van der Waals surface area contributed by atoms with Gasteiger partial charge >= 0.3 is 0 Å². The van der Waals surface area contributed by atoms with Crippen LogP contribution in [0.5, 0.6) is 0 Å². The standard InChI is InChI=1S/C17H13N5O/c23-17-15-11-22(14-7-2-1-3-8-14)20-16(15)19-12-21(17)10-13-6-4-5-9-18-13/h1-9,11-12H,10H2. The predicted molar refractivity (Wildman–Crippen MR) is 86.5 cm³/mol. The molecule has 23 heavy (non-hydrogen) atoms. The van der Waals surface area contributed by atoms with E-state index in [1.807, 2.05) is 48.5 Å². The normalized spacial score (nSPS) is 11.0. The van der Waals surface area contributed by atoms with Gasteiger partial charge in [-0.25, -0.2) is 9.67 Å². The number of pyridine rings is 1. The highest BCUT2D eigenvalue weighted by molar-refractivity contribution is 5.73. The number of aromatic nitrogens is 5. The summed E-state index contributed by atoms with van der Waals surface area (Å²) in [6.07, 6.45) is 4.94. The second kappa shape index (κ2) is 5.49. The summed E-state index contributed by atoms with van der Waals surface area (Å²) in [7, 11) is 0. The monoisotopic (exact) mass is 303 g/mol. The quantitative estimate of drug-likeness (QED) is 0.581. The molecule has 6 nitrogen and oxygen atoms in total. The van der Waals surface area contributed by atoms with Crippen LogP contribution in [0.15, 0.2) is 72.0 Å². The fourth-order valence-electron chi connectivity index (χ4n) is 2.43. The lowest BCUT2D eigenvalue weighted by Crippen LogP contribution is -2.21. The number of benzene rings is 1. The van der Waals surface area contributed by atoms with Crippen LogP contribution >= 0.6 is 0 Å². The van der Waals surface area contributed by atoms with Gasteiger partial charge in [0.15, 0.2) is 5.65 Å². The molecular weight excluding hydrogens is 290 g/mol. The Hall–Kier alpha value is -3.28. The molecule has 0 unspecified atom stereocenters. The molecule has 0 radical (unpaired) electrons. The van der Waals surface area contributed by atoms with E-state index in [1.54, 1.807) is 21.6 Å². The van der Waals surface area contributed by atoms with Crippen molar-refractivity contribution in [3.63, 3.8) is 0 Å². The van der Waals surface area contributed by atoms with Crippen LogP contribution in [0.4, 0.5) is 0 Å². The summed E-state index contributed by atoms with van der Waals surface area (Å²) in [5, 5.41) is 4.86. The SMILES string of the molecule is O=c1c2cn(-c3ccccc3)nc2ncn1Cc1ccccn1. The van der Waals surface area contributed by atoms with Gasteiger partial charge in [-0.1, -0.05) is 24.3 Å². The van der Waals surface area contributed by atoms with Crippen LogP contribution in [0.1, 0.15) is 5.69 Å². The van der Waals surface area contributed by atoms with Crippen LogP contribution in [0, 0.1) is 0 Å². The smallest absolute Gasteiger partial charge is 0.264 e. The second-order valence-electron chi connectivity index (χ2n) is 5.15.